The smallest absolute Gasteiger partial charge is 0.239 e. The summed E-state index contributed by atoms with van der Waals surface area (Å²) in [5.74, 6) is 0.970. The van der Waals surface area contributed by atoms with Crippen LogP contribution >= 0.6 is 0 Å². The second-order valence-corrected chi connectivity index (χ2v) is 7.77. The Labute approximate surface area is 124 Å². The van der Waals surface area contributed by atoms with Gasteiger partial charge in [0.05, 0.1) is 6.04 Å². The highest BCUT2D eigenvalue weighted by atomic mass is 16.2. The lowest BCUT2D eigenvalue weighted by atomic mass is 9.70. The Hall–Kier alpha value is -0.570. The van der Waals surface area contributed by atoms with Gasteiger partial charge in [-0.05, 0) is 56.8 Å². The lowest BCUT2D eigenvalue weighted by Crippen LogP contribution is -2.52. The number of piperidine rings is 1. The third-order valence-corrected chi connectivity index (χ3v) is 5.20. The van der Waals surface area contributed by atoms with Crippen LogP contribution in [0.5, 0.6) is 0 Å². The van der Waals surface area contributed by atoms with Crippen LogP contribution in [-0.2, 0) is 4.79 Å². The Bertz CT molecular complexity index is 334. The zero-order valence-electron chi connectivity index (χ0n) is 13.7. The van der Waals surface area contributed by atoms with E-state index in [9.17, 15) is 4.79 Å². The van der Waals surface area contributed by atoms with E-state index in [4.69, 9.17) is 0 Å². The van der Waals surface area contributed by atoms with Crippen molar-refractivity contribution < 1.29 is 4.79 Å². The Morgan fingerprint density at radius 2 is 1.90 bits per heavy atom. The molecule has 3 nitrogen and oxygen atoms in total. The van der Waals surface area contributed by atoms with Crippen LogP contribution in [0, 0.1) is 11.3 Å². The monoisotopic (exact) mass is 280 g/mol. The van der Waals surface area contributed by atoms with Crippen LogP contribution < -0.4 is 5.32 Å². The molecule has 0 spiro atoms. The molecule has 1 N–H and O–H groups in total. The summed E-state index contributed by atoms with van der Waals surface area (Å²) in [6.07, 6.45) is 7.35. The maximum Gasteiger partial charge on any atom is 0.239 e. The molecule has 1 aliphatic carbocycles. The van der Waals surface area contributed by atoms with Crippen LogP contribution in [-0.4, -0.2) is 36.0 Å². The number of nitrogens with zero attached hydrogens (tertiary/aromatic N) is 1. The predicted octanol–water partition coefficient (Wildman–Crippen LogP) is 3.19. The van der Waals surface area contributed by atoms with Gasteiger partial charge in [-0.1, -0.05) is 20.8 Å². The molecule has 3 heteroatoms. The van der Waals surface area contributed by atoms with Gasteiger partial charge in [0.2, 0.25) is 5.91 Å². The third kappa shape index (κ3) is 3.97. The van der Waals surface area contributed by atoms with Gasteiger partial charge in [0.1, 0.15) is 0 Å². The minimum atomic E-state index is -0.0261. The van der Waals surface area contributed by atoms with Gasteiger partial charge < -0.3 is 10.2 Å². The van der Waals surface area contributed by atoms with Crippen LogP contribution in [0.15, 0.2) is 0 Å². The molecule has 2 rings (SSSR count). The number of likely N-dealkylation sites (tertiary alicyclic amines) is 1. The standard InChI is InChI=1S/C17H32N2O/c1-13-12-17(3,4)9-8-15(13)18-14(2)16(20)19-10-6-5-7-11-19/h13-15,18H,5-12H2,1-4H3. The Morgan fingerprint density at radius 3 is 2.50 bits per heavy atom. The largest absolute Gasteiger partial charge is 0.341 e. The fraction of sp³-hybridized carbons (Fsp3) is 0.941. The summed E-state index contributed by atoms with van der Waals surface area (Å²) >= 11 is 0. The van der Waals surface area contributed by atoms with Crippen LogP contribution in [0.2, 0.25) is 0 Å². The molecule has 116 valence electrons. The highest BCUT2D eigenvalue weighted by Gasteiger charge is 2.34. The molecular weight excluding hydrogens is 248 g/mol. The first-order valence-electron chi connectivity index (χ1n) is 8.44. The number of carbonyl (C=O) groups excluding carboxylic acids is 1. The number of rotatable bonds is 3. The third-order valence-electron chi connectivity index (χ3n) is 5.20. The fourth-order valence-corrected chi connectivity index (χ4v) is 3.97. The van der Waals surface area contributed by atoms with Gasteiger partial charge in [0.15, 0.2) is 0 Å². The van der Waals surface area contributed by atoms with Gasteiger partial charge in [-0.3, -0.25) is 4.79 Å². The minimum Gasteiger partial charge on any atom is -0.341 e. The van der Waals surface area contributed by atoms with Gasteiger partial charge in [0.25, 0.3) is 0 Å². The van der Waals surface area contributed by atoms with Crippen molar-refractivity contribution in [2.75, 3.05) is 13.1 Å². The van der Waals surface area contributed by atoms with Crippen molar-refractivity contribution in [2.24, 2.45) is 11.3 Å². The summed E-state index contributed by atoms with van der Waals surface area (Å²) in [5.41, 5.74) is 0.470. The molecule has 0 aromatic carbocycles. The number of hydrogen-bond donors (Lipinski definition) is 1. The van der Waals surface area contributed by atoms with Gasteiger partial charge >= 0.3 is 0 Å². The molecule has 20 heavy (non-hydrogen) atoms. The van der Waals surface area contributed by atoms with E-state index in [0.717, 1.165) is 13.1 Å². The zero-order valence-corrected chi connectivity index (χ0v) is 13.7. The van der Waals surface area contributed by atoms with Crippen molar-refractivity contribution in [3.63, 3.8) is 0 Å². The Balaban J connectivity index is 1.84. The lowest BCUT2D eigenvalue weighted by molar-refractivity contribution is -0.134. The average Bonchev–Trinajstić information content (AvgIpc) is 2.41. The molecule has 1 saturated carbocycles. The van der Waals surface area contributed by atoms with Crippen molar-refractivity contribution in [2.45, 2.75) is 78.3 Å². The molecule has 2 fully saturated rings. The van der Waals surface area contributed by atoms with Crippen molar-refractivity contribution in [1.29, 1.82) is 0 Å². The molecule has 0 aromatic rings. The topological polar surface area (TPSA) is 32.3 Å². The van der Waals surface area contributed by atoms with E-state index in [1.807, 2.05) is 6.92 Å². The van der Waals surface area contributed by atoms with Gasteiger partial charge in [0, 0.05) is 19.1 Å². The van der Waals surface area contributed by atoms with Gasteiger partial charge in [-0.25, -0.2) is 0 Å². The van der Waals surface area contributed by atoms with Crippen molar-refractivity contribution in [1.82, 2.24) is 10.2 Å². The average molecular weight is 280 g/mol. The normalized spacial score (nSPS) is 31.9. The van der Waals surface area contributed by atoms with E-state index in [1.54, 1.807) is 0 Å². The highest BCUT2D eigenvalue weighted by Crippen LogP contribution is 2.38. The van der Waals surface area contributed by atoms with Crippen LogP contribution in [0.4, 0.5) is 0 Å². The Morgan fingerprint density at radius 1 is 1.25 bits per heavy atom. The molecule has 3 unspecified atom stereocenters. The number of amides is 1. The minimum absolute atomic E-state index is 0.0261. The second kappa shape index (κ2) is 6.46. The molecule has 0 aromatic heterocycles. The summed E-state index contributed by atoms with van der Waals surface area (Å²) < 4.78 is 0. The highest BCUT2D eigenvalue weighted by molar-refractivity contribution is 5.81. The predicted molar refractivity (Wildman–Crippen MR) is 83.6 cm³/mol. The molecule has 0 radical (unpaired) electrons. The first-order valence-corrected chi connectivity index (χ1v) is 8.44. The van der Waals surface area contributed by atoms with Crippen LogP contribution in [0.3, 0.4) is 0 Å². The molecule has 1 aliphatic heterocycles. The van der Waals surface area contributed by atoms with E-state index < -0.39 is 0 Å². The fourth-order valence-electron chi connectivity index (χ4n) is 3.97. The Kier molecular flexibility index (Phi) is 5.11. The maximum absolute atomic E-state index is 12.5. The quantitative estimate of drug-likeness (QED) is 0.861. The number of hydrogen-bond acceptors (Lipinski definition) is 2. The summed E-state index contributed by atoms with van der Waals surface area (Å²) in [6, 6.07) is 0.480. The summed E-state index contributed by atoms with van der Waals surface area (Å²) in [6.45, 7) is 11.0. The van der Waals surface area contributed by atoms with Gasteiger partial charge in [-0.2, -0.15) is 0 Å². The van der Waals surface area contributed by atoms with E-state index in [1.165, 1.54) is 38.5 Å². The first kappa shape index (κ1) is 15.8. The maximum atomic E-state index is 12.5. The van der Waals surface area contributed by atoms with Crippen LogP contribution in [0.1, 0.15) is 66.2 Å². The van der Waals surface area contributed by atoms with E-state index in [0.29, 0.717) is 23.3 Å². The summed E-state index contributed by atoms with van der Waals surface area (Å²) in [7, 11) is 0. The first-order chi connectivity index (χ1) is 9.39. The van der Waals surface area contributed by atoms with Gasteiger partial charge in [-0.15, -0.1) is 0 Å². The molecule has 1 amide bonds. The molecule has 0 bridgehead atoms. The van der Waals surface area contributed by atoms with Crippen molar-refractivity contribution >= 4 is 5.91 Å². The zero-order chi connectivity index (χ0) is 14.8. The lowest BCUT2D eigenvalue weighted by Gasteiger charge is -2.41. The molecule has 2 aliphatic rings. The van der Waals surface area contributed by atoms with E-state index >= 15 is 0 Å². The van der Waals surface area contributed by atoms with Crippen LogP contribution in [0.25, 0.3) is 0 Å². The number of nitrogens with one attached hydrogen (secondary N) is 1. The van der Waals surface area contributed by atoms with Crippen molar-refractivity contribution in [3.8, 4) is 0 Å². The molecule has 3 atom stereocenters. The van der Waals surface area contributed by atoms with Crippen molar-refractivity contribution in [3.05, 3.63) is 0 Å². The SMILES string of the molecule is CC(NC1CCC(C)(C)CC1C)C(=O)N1CCCCC1. The molecular formula is C17H32N2O. The second-order valence-electron chi connectivity index (χ2n) is 7.77. The molecule has 1 saturated heterocycles. The van der Waals surface area contributed by atoms with E-state index in [2.05, 4.69) is 31.0 Å². The summed E-state index contributed by atoms with van der Waals surface area (Å²) in [5, 5.41) is 3.61. The summed E-state index contributed by atoms with van der Waals surface area (Å²) in [4.78, 5) is 14.5. The number of carbonyl (C=O) groups is 1. The molecule has 1 heterocycles. The van der Waals surface area contributed by atoms with E-state index in [-0.39, 0.29) is 6.04 Å².